The van der Waals surface area contributed by atoms with Gasteiger partial charge in [0.1, 0.15) is 5.82 Å². The third kappa shape index (κ3) is 6.40. The maximum atomic E-state index is 13.3. The van der Waals surface area contributed by atoms with Crippen LogP contribution in [0.15, 0.2) is 30.3 Å². The van der Waals surface area contributed by atoms with Gasteiger partial charge in [-0.15, -0.1) is 0 Å². The summed E-state index contributed by atoms with van der Waals surface area (Å²) in [5, 5.41) is 6.58. The molecule has 3 heterocycles. The number of rotatable bonds is 11. The van der Waals surface area contributed by atoms with Crippen LogP contribution in [-0.4, -0.2) is 68.3 Å². The average Bonchev–Trinajstić information content (AvgIpc) is 2.83. The van der Waals surface area contributed by atoms with Crippen molar-refractivity contribution in [1.29, 1.82) is 0 Å². The zero-order chi connectivity index (χ0) is 24.8. The van der Waals surface area contributed by atoms with Gasteiger partial charge in [-0.05, 0) is 63.9 Å². The van der Waals surface area contributed by atoms with Gasteiger partial charge in [-0.2, -0.15) is 0 Å². The first-order chi connectivity index (χ1) is 17.0. The number of hydrogen-bond acceptors (Lipinski definition) is 6. The lowest BCUT2D eigenvalue weighted by molar-refractivity contribution is 0.0642. The van der Waals surface area contributed by atoms with E-state index in [-0.39, 0.29) is 5.91 Å². The van der Waals surface area contributed by atoms with Crippen molar-refractivity contribution in [3.05, 3.63) is 47.0 Å². The third-order valence-electron chi connectivity index (χ3n) is 7.06. The fourth-order valence-electron chi connectivity index (χ4n) is 4.83. The number of nitrogens with one attached hydrogen (secondary N) is 2. The molecule has 2 aromatic rings. The molecular weight excluding hydrogens is 438 g/mol. The smallest absolute Gasteiger partial charge is 0.251 e. The number of aromatic nitrogens is 1. The molecule has 2 N–H and O–H groups in total. The number of nitrogens with zero attached hydrogens (tertiary/aromatic N) is 3. The summed E-state index contributed by atoms with van der Waals surface area (Å²) in [5.41, 5.74) is 4.99. The van der Waals surface area contributed by atoms with E-state index in [2.05, 4.69) is 72.5 Å². The predicted octanol–water partition coefficient (Wildman–Crippen LogP) is 3.67. The summed E-state index contributed by atoms with van der Waals surface area (Å²) in [6.07, 6.45) is 2.02. The molecule has 4 rings (SSSR count). The van der Waals surface area contributed by atoms with E-state index in [1.54, 1.807) is 0 Å². The number of carbonyl (C=O) groups excluding carboxylic acids is 1. The van der Waals surface area contributed by atoms with E-state index in [4.69, 9.17) is 9.72 Å². The Hall–Kier alpha value is -2.48. The average molecular weight is 480 g/mol. The summed E-state index contributed by atoms with van der Waals surface area (Å²) in [4.78, 5) is 22.9. The molecule has 7 nitrogen and oxygen atoms in total. The molecular formula is C28H41N5O2. The number of fused-ring (bicyclic) bond motifs is 1. The number of carbonyl (C=O) groups is 1. The van der Waals surface area contributed by atoms with Crippen LogP contribution < -0.4 is 15.5 Å². The van der Waals surface area contributed by atoms with Crippen LogP contribution in [0.1, 0.15) is 55.1 Å². The molecule has 35 heavy (non-hydrogen) atoms. The van der Waals surface area contributed by atoms with Crippen LogP contribution in [0, 0.1) is 5.92 Å². The first-order valence-electron chi connectivity index (χ1n) is 13.1. The Bertz CT molecular complexity index is 1000. The summed E-state index contributed by atoms with van der Waals surface area (Å²) in [7, 11) is 2.15. The lowest BCUT2D eigenvalue weighted by Crippen LogP contribution is -2.42. The molecule has 0 bridgehead atoms. The van der Waals surface area contributed by atoms with Crippen LogP contribution in [0.4, 0.5) is 5.82 Å². The number of pyridine rings is 1. The van der Waals surface area contributed by atoms with E-state index >= 15 is 0 Å². The molecule has 0 unspecified atom stereocenters. The Morgan fingerprint density at radius 1 is 1.26 bits per heavy atom. The quantitative estimate of drug-likeness (QED) is 0.479. The number of amides is 1. The molecule has 7 heteroatoms. The molecule has 0 atom stereocenters. The van der Waals surface area contributed by atoms with Crippen molar-refractivity contribution in [2.75, 3.05) is 51.3 Å². The van der Waals surface area contributed by atoms with Gasteiger partial charge in [0, 0.05) is 63.1 Å². The minimum atomic E-state index is 0.0131. The van der Waals surface area contributed by atoms with Crippen LogP contribution in [0.3, 0.4) is 0 Å². The predicted molar refractivity (Wildman–Crippen MR) is 142 cm³/mol. The number of likely N-dealkylation sites (N-methyl/N-ethyl adjacent to an activating group) is 2. The number of benzene rings is 1. The van der Waals surface area contributed by atoms with Crippen molar-refractivity contribution in [2.24, 2.45) is 5.92 Å². The molecule has 0 saturated carbocycles. The van der Waals surface area contributed by atoms with E-state index in [0.717, 1.165) is 87.0 Å². The first-order valence-corrected chi connectivity index (χ1v) is 13.1. The number of hydrogen-bond donors (Lipinski definition) is 2. The number of anilines is 1. The summed E-state index contributed by atoms with van der Waals surface area (Å²) in [6.45, 7) is 13.4. The van der Waals surface area contributed by atoms with E-state index < -0.39 is 0 Å². The molecule has 0 radical (unpaired) electrons. The van der Waals surface area contributed by atoms with Gasteiger partial charge in [-0.3, -0.25) is 4.79 Å². The molecule has 1 amide bonds. The summed E-state index contributed by atoms with van der Waals surface area (Å²) >= 11 is 0. The van der Waals surface area contributed by atoms with Crippen molar-refractivity contribution >= 4 is 11.7 Å². The van der Waals surface area contributed by atoms with Crippen molar-refractivity contribution in [3.63, 3.8) is 0 Å². The zero-order valence-corrected chi connectivity index (χ0v) is 21.8. The molecule has 190 valence electrons. The minimum absolute atomic E-state index is 0.0131. The van der Waals surface area contributed by atoms with Crippen LogP contribution in [0.25, 0.3) is 11.3 Å². The Labute approximate surface area is 210 Å². The van der Waals surface area contributed by atoms with Gasteiger partial charge < -0.3 is 25.2 Å². The van der Waals surface area contributed by atoms with Crippen molar-refractivity contribution in [1.82, 2.24) is 20.5 Å². The van der Waals surface area contributed by atoms with Crippen molar-refractivity contribution in [3.8, 4) is 11.3 Å². The lowest BCUT2D eigenvalue weighted by atomic mass is 9.95. The maximum absolute atomic E-state index is 13.3. The normalized spacial score (nSPS) is 15.9. The molecule has 1 aromatic carbocycles. The summed E-state index contributed by atoms with van der Waals surface area (Å²) in [6, 6.07) is 10.9. The van der Waals surface area contributed by atoms with Gasteiger partial charge in [-0.1, -0.05) is 25.1 Å². The van der Waals surface area contributed by atoms with Crippen molar-refractivity contribution < 1.29 is 9.53 Å². The second-order valence-corrected chi connectivity index (χ2v) is 10.1. The Balaban J connectivity index is 1.54. The third-order valence-corrected chi connectivity index (χ3v) is 7.06. The highest BCUT2D eigenvalue weighted by Crippen LogP contribution is 2.38. The summed E-state index contributed by atoms with van der Waals surface area (Å²) in [5.74, 6) is 1.45. The van der Waals surface area contributed by atoms with Gasteiger partial charge in [0.05, 0.1) is 11.3 Å². The van der Waals surface area contributed by atoms with Crippen molar-refractivity contribution in [2.45, 2.75) is 52.7 Å². The standard InChI is InChI=1S/C28H41N5O2/c1-5-29-11-12-32(4)18-22-7-6-8-23(15-22)26-16-24(25-19-33(20(2)3)27(25)31-26)28(34)30-17-21-9-13-35-14-10-21/h6-8,15-16,20-21,29H,5,9-14,17-19H2,1-4H3,(H,30,34). The maximum Gasteiger partial charge on any atom is 0.251 e. The van der Waals surface area contributed by atoms with Crippen LogP contribution in [0.2, 0.25) is 0 Å². The molecule has 1 saturated heterocycles. The van der Waals surface area contributed by atoms with Gasteiger partial charge in [0.15, 0.2) is 0 Å². The molecule has 2 aliphatic heterocycles. The monoisotopic (exact) mass is 479 g/mol. The van der Waals surface area contributed by atoms with Gasteiger partial charge >= 0.3 is 0 Å². The Morgan fingerprint density at radius 3 is 2.80 bits per heavy atom. The molecule has 0 aliphatic carbocycles. The fourth-order valence-corrected chi connectivity index (χ4v) is 4.83. The second-order valence-electron chi connectivity index (χ2n) is 10.1. The fraction of sp³-hybridized carbons (Fsp3) is 0.571. The van der Waals surface area contributed by atoms with Crippen LogP contribution >= 0.6 is 0 Å². The second kappa shape index (κ2) is 12.0. The number of ether oxygens (including phenoxy) is 1. The minimum Gasteiger partial charge on any atom is -0.381 e. The SMILES string of the molecule is CCNCCN(C)Cc1cccc(-c2cc(C(=O)NCC3CCOCC3)c3c(n2)N(C(C)C)C3)c1. The zero-order valence-electron chi connectivity index (χ0n) is 21.8. The van der Waals surface area contributed by atoms with E-state index in [0.29, 0.717) is 18.5 Å². The topological polar surface area (TPSA) is 69.7 Å². The molecule has 2 aliphatic rings. The lowest BCUT2D eigenvalue weighted by Gasteiger charge is -2.39. The van der Waals surface area contributed by atoms with E-state index in [1.807, 2.05) is 6.07 Å². The highest BCUT2D eigenvalue weighted by atomic mass is 16.5. The Kier molecular flexibility index (Phi) is 8.76. The van der Waals surface area contributed by atoms with E-state index in [1.165, 1.54) is 5.56 Å². The molecule has 0 spiro atoms. The van der Waals surface area contributed by atoms with Gasteiger partial charge in [0.25, 0.3) is 5.91 Å². The van der Waals surface area contributed by atoms with Gasteiger partial charge in [0.2, 0.25) is 0 Å². The van der Waals surface area contributed by atoms with Gasteiger partial charge in [-0.25, -0.2) is 4.98 Å². The first kappa shape index (κ1) is 25.6. The van der Waals surface area contributed by atoms with Crippen LogP contribution in [0.5, 0.6) is 0 Å². The highest BCUT2D eigenvalue weighted by Gasteiger charge is 2.32. The highest BCUT2D eigenvalue weighted by molar-refractivity contribution is 5.99. The molecule has 1 fully saturated rings. The molecule has 1 aromatic heterocycles. The van der Waals surface area contributed by atoms with E-state index in [9.17, 15) is 4.79 Å². The van der Waals surface area contributed by atoms with Crippen LogP contribution in [-0.2, 0) is 17.8 Å². The summed E-state index contributed by atoms with van der Waals surface area (Å²) < 4.78 is 5.46. The largest absolute Gasteiger partial charge is 0.381 e. The Morgan fingerprint density at radius 2 is 2.06 bits per heavy atom.